The molecule has 1 aromatic heterocycles. The molecule has 0 atom stereocenters. The average Bonchev–Trinajstić information content (AvgIpc) is 3.23. The van der Waals surface area contributed by atoms with Crippen molar-refractivity contribution in [1.82, 2.24) is 10.3 Å². The molecule has 0 spiro atoms. The van der Waals surface area contributed by atoms with Crippen molar-refractivity contribution in [3.63, 3.8) is 0 Å². The highest BCUT2D eigenvalue weighted by molar-refractivity contribution is 7.11. The Morgan fingerprint density at radius 3 is 2.95 bits per heavy atom. The van der Waals surface area contributed by atoms with Gasteiger partial charge in [0.25, 0.3) is 0 Å². The molecule has 0 bridgehead atoms. The maximum atomic E-state index is 5.85. The third-order valence-electron chi connectivity index (χ3n) is 3.64. The van der Waals surface area contributed by atoms with Gasteiger partial charge in [-0.1, -0.05) is 19.1 Å². The topological polar surface area (TPSA) is 34.1 Å². The van der Waals surface area contributed by atoms with Gasteiger partial charge in [-0.05, 0) is 43.9 Å². The molecule has 0 unspecified atom stereocenters. The van der Waals surface area contributed by atoms with Crippen molar-refractivity contribution in [2.24, 2.45) is 0 Å². The third-order valence-corrected chi connectivity index (χ3v) is 4.71. The molecule has 1 saturated carbocycles. The summed E-state index contributed by atoms with van der Waals surface area (Å²) in [6, 6.07) is 8.90. The Kier molecular flexibility index (Phi) is 4.56. The summed E-state index contributed by atoms with van der Waals surface area (Å²) in [5.74, 6) is 0.918. The first-order valence-electron chi connectivity index (χ1n) is 7.65. The Morgan fingerprint density at radius 2 is 2.24 bits per heavy atom. The number of rotatable bonds is 7. The summed E-state index contributed by atoms with van der Waals surface area (Å²) in [4.78, 5) is 6.09. The van der Waals surface area contributed by atoms with Gasteiger partial charge in [0.15, 0.2) is 0 Å². The van der Waals surface area contributed by atoms with Gasteiger partial charge in [0.05, 0.1) is 5.69 Å². The minimum Gasteiger partial charge on any atom is -0.486 e. The van der Waals surface area contributed by atoms with E-state index >= 15 is 0 Å². The Bertz CT molecular complexity index is 605. The van der Waals surface area contributed by atoms with Gasteiger partial charge in [-0.2, -0.15) is 0 Å². The Morgan fingerprint density at radius 1 is 1.38 bits per heavy atom. The van der Waals surface area contributed by atoms with Crippen LogP contribution in [0, 0.1) is 6.92 Å². The predicted octanol–water partition coefficient (Wildman–Crippen LogP) is 3.84. The molecule has 0 radical (unpaired) electrons. The van der Waals surface area contributed by atoms with Gasteiger partial charge in [0.1, 0.15) is 17.4 Å². The van der Waals surface area contributed by atoms with Gasteiger partial charge in [0, 0.05) is 17.5 Å². The number of aromatic nitrogens is 1. The zero-order chi connectivity index (χ0) is 14.7. The maximum Gasteiger partial charge on any atom is 0.140 e. The highest BCUT2D eigenvalue weighted by atomic mass is 32.1. The fraction of sp³-hybridized carbons (Fsp3) is 0.471. The molecular formula is C17H22N2OS. The standard InChI is InChI=1S/C17H22N2OS/c1-3-15-16(10-18-13-7-8-13)21-17(19-15)11-20-14-6-4-5-12(2)9-14/h4-6,9,13,18H,3,7-8,10-11H2,1-2H3. The Balaban J connectivity index is 1.61. The van der Waals surface area contributed by atoms with Crippen molar-refractivity contribution in [2.45, 2.75) is 52.3 Å². The van der Waals surface area contributed by atoms with Crippen LogP contribution in [0.5, 0.6) is 5.75 Å². The van der Waals surface area contributed by atoms with Crippen molar-refractivity contribution in [3.8, 4) is 5.75 Å². The monoisotopic (exact) mass is 302 g/mol. The summed E-state index contributed by atoms with van der Waals surface area (Å²) in [5, 5.41) is 4.64. The van der Waals surface area contributed by atoms with E-state index in [-0.39, 0.29) is 0 Å². The van der Waals surface area contributed by atoms with Crippen LogP contribution in [0.3, 0.4) is 0 Å². The smallest absolute Gasteiger partial charge is 0.140 e. The van der Waals surface area contributed by atoms with E-state index in [4.69, 9.17) is 9.72 Å². The van der Waals surface area contributed by atoms with Gasteiger partial charge in [-0.15, -0.1) is 11.3 Å². The van der Waals surface area contributed by atoms with Crippen LogP contribution in [0.2, 0.25) is 0 Å². The molecule has 0 aliphatic heterocycles. The quantitative estimate of drug-likeness (QED) is 0.843. The molecule has 4 heteroatoms. The lowest BCUT2D eigenvalue weighted by atomic mass is 10.2. The van der Waals surface area contributed by atoms with Crippen LogP contribution in [0.15, 0.2) is 24.3 Å². The van der Waals surface area contributed by atoms with E-state index in [2.05, 4.69) is 31.3 Å². The second kappa shape index (κ2) is 6.58. The molecule has 3 rings (SSSR count). The van der Waals surface area contributed by atoms with Crippen LogP contribution in [0.1, 0.15) is 40.9 Å². The molecule has 1 aromatic carbocycles. The van der Waals surface area contributed by atoms with Crippen LogP contribution >= 0.6 is 11.3 Å². The molecule has 1 fully saturated rings. The van der Waals surface area contributed by atoms with E-state index in [1.807, 2.05) is 12.1 Å². The van der Waals surface area contributed by atoms with Crippen LogP contribution < -0.4 is 10.1 Å². The minimum absolute atomic E-state index is 0.560. The first kappa shape index (κ1) is 14.5. The zero-order valence-corrected chi connectivity index (χ0v) is 13.5. The van der Waals surface area contributed by atoms with Crippen molar-refractivity contribution in [1.29, 1.82) is 0 Å². The lowest BCUT2D eigenvalue weighted by Crippen LogP contribution is -2.15. The van der Waals surface area contributed by atoms with E-state index in [0.29, 0.717) is 6.61 Å². The summed E-state index contributed by atoms with van der Waals surface area (Å²) < 4.78 is 5.85. The predicted molar refractivity (Wildman–Crippen MR) is 86.9 cm³/mol. The van der Waals surface area contributed by atoms with E-state index in [1.54, 1.807) is 11.3 Å². The number of benzene rings is 1. The Labute approximate surface area is 130 Å². The second-order valence-electron chi connectivity index (χ2n) is 5.59. The Hall–Kier alpha value is -1.39. The molecule has 0 amide bonds. The number of thiazole rings is 1. The number of hydrogen-bond acceptors (Lipinski definition) is 4. The maximum absolute atomic E-state index is 5.85. The lowest BCUT2D eigenvalue weighted by Gasteiger charge is -2.04. The van der Waals surface area contributed by atoms with E-state index in [0.717, 1.165) is 29.8 Å². The molecule has 1 heterocycles. The SMILES string of the molecule is CCc1nc(COc2cccc(C)c2)sc1CNC1CC1. The number of ether oxygens (including phenoxy) is 1. The lowest BCUT2D eigenvalue weighted by molar-refractivity contribution is 0.305. The molecule has 112 valence electrons. The molecule has 1 N–H and O–H groups in total. The minimum atomic E-state index is 0.560. The summed E-state index contributed by atoms with van der Waals surface area (Å²) in [7, 11) is 0. The van der Waals surface area contributed by atoms with Crippen LogP contribution in [-0.4, -0.2) is 11.0 Å². The summed E-state index contributed by atoms with van der Waals surface area (Å²) in [6.07, 6.45) is 3.63. The van der Waals surface area contributed by atoms with Gasteiger partial charge in [-0.3, -0.25) is 0 Å². The normalized spacial score (nSPS) is 14.4. The zero-order valence-electron chi connectivity index (χ0n) is 12.7. The van der Waals surface area contributed by atoms with Crippen LogP contribution in [0.25, 0.3) is 0 Å². The van der Waals surface area contributed by atoms with E-state index in [1.165, 1.54) is 29.0 Å². The summed E-state index contributed by atoms with van der Waals surface area (Å²) in [6.45, 7) is 5.76. The largest absolute Gasteiger partial charge is 0.486 e. The summed E-state index contributed by atoms with van der Waals surface area (Å²) >= 11 is 1.78. The molecular weight excluding hydrogens is 280 g/mol. The van der Waals surface area contributed by atoms with Crippen molar-refractivity contribution >= 4 is 11.3 Å². The van der Waals surface area contributed by atoms with Crippen molar-refractivity contribution in [2.75, 3.05) is 0 Å². The van der Waals surface area contributed by atoms with Crippen LogP contribution in [0.4, 0.5) is 0 Å². The van der Waals surface area contributed by atoms with Crippen LogP contribution in [-0.2, 0) is 19.6 Å². The number of aryl methyl sites for hydroxylation is 2. The highest BCUT2D eigenvalue weighted by Crippen LogP contribution is 2.24. The van der Waals surface area contributed by atoms with E-state index < -0.39 is 0 Å². The third kappa shape index (κ3) is 4.05. The van der Waals surface area contributed by atoms with Gasteiger partial charge in [0.2, 0.25) is 0 Å². The van der Waals surface area contributed by atoms with Crippen molar-refractivity contribution in [3.05, 3.63) is 45.4 Å². The van der Waals surface area contributed by atoms with Crippen molar-refractivity contribution < 1.29 is 4.74 Å². The molecule has 21 heavy (non-hydrogen) atoms. The van der Waals surface area contributed by atoms with Gasteiger partial charge < -0.3 is 10.1 Å². The fourth-order valence-electron chi connectivity index (χ4n) is 2.29. The molecule has 3 nitrogen and oxygen atoms in total. The molecule has 1 aliphatic rings. The molecule has 2 aromatic rings. The highest BCUT2D eigenvalue weighted by Gasteiger charge is 2.21. The number of nitrogens with one attached hydrogen (secondary N) is 1. The van der Waals surface area contributed by atoms with Gasteiger partial charge in [-0.25, -0.2) is 4.98 Å². The first-order valence-corrected chi connectivity index (χ1v) is 8.46. The van der Waals surface area contributed by atoms with E-state index in [9.17, 15) is 0 Å². The average molecular weight is 302 g/mol. The molecule has 0 saturated heterocycles. The molecule has 1 aliphatic carbocycles. The number of hydrogen-bond donors (Lipinski definition) is 1. The number of nitrogens with zero attached hydrogens (tertiary/aromatic N) is 1. The van der Waals surface area contributed by atoms with Gasteiger partial charge >= 0.3 is 0 Å². The first-order chi connectivity index (χ1) is 10.2. The fourth-order valence-corrected chi connectivity index (χ4v) is 3.31. The second-order valence-corrected chi connectivity index (χ2v) is 6.76. The summed E-state index contributed by atoms with van der Waals surface area (Å²) in [5.41, 5.74) is 2.44.